The van der Waals surface area contributed by atoms with Crippen molar-refractivity contribution in [3.63, 3.8) is 0 Å². The first-order valence-corrected chi connectivity index (χ1v) is 18.8. The number of rotatable bonds is 14. The molecule has 3 aromatic carbocycles. The van der Waals surface area contributed by atoms with Crippen molar-refractivity contribution in [1.82, 2.24) is 5.06 Å². The molecule has 280 valence electrons. The third-order valence-corrected chi connectivity index (χ3v) is 11.1. The maximum absolute atomic E-state index is 13.9. The van der Waals surface area contributed by atoms with E-state index in [0.717, 1.165) is 71.3 Å². The number of unbranched alkanes of at least 4 members (excludes halogenated alkanes) is 6. The molecule has 3 aromatic rings. The van der Waals surface area contributed by atoms with Gasteiger partial charge < -0.3 is 19.4 Å². The molecule has 1 spiro atoms. The van der Waals surface area contributed by atoms with Crippen molar-refractivity contribution >= 4 is 40.7 Å². The summed E-state index contributed by atoms with van der Waals surface area (Å²) >= 11 is 0. The molecule has 3 aliphatic rings. The molecule has 6 rings (SSSR count). The second-order valence-electron chi connectivity index (χ2n) is 15.4. The monoisotopic (exact) mass is 721 g/mol. The van der Waals surface area contributed by atoms with Gasteiger partial charge in [-0.05, 0) is 59.4 Å². The average molecular weight is 722 g/mol. The Hall–Kier alpha value is -4.83. The average Bonchev–Trinajstić information content (AvgIpc) is 3.45. The number of benzene rings is 3. The summed E-state index contributed by atoms with van der Waals surface area (Å²) in [5, 5.41) is 0.590. The summed E-state index contributed by atoms with van der Waals surface area (Å²) < 4.78 is 6.79. The zero-order valence-corrected chi connectivity index (χ0v) is 31.9. The van der Waals surface area contributed by atoms with Gasteiger partial charge >= 0.3 is 5.97 Å². The number of anilines is 2. The van der Waals surface area contributed by atoms with Crippen LogP contribution >= 0.6 is 0 Å². The fourth-order valence-corrected chi connectivity index (χ4v) is 8.09. The molecule has 0 saturated carbocycles. The third kappa shape index (κ3) is 7.13. The molecule has 0 unspecified atom stereocenters. The Balaban J connectivity index is 1.15. The van der Waals surface area contributed by atoms with Crippen LogP contribution in [0.15, 0.2) is 54.6 Å². The number of hydrogen-bond acceptors (Lipinski definition) is 9. The van der Waals surface area contributed by atoms with Gasteiger partial charge in [-0.1, -0.05) is 76.3 Å². The van der Waals surface area contributed by atoms with Crippen molar-refractivity contribution in [2.24, 2.45) is 0 Å². The van der Waals surface area contributed by atoms with Gasteiger partial charge in [-0.3, -0.25) is 19.2 Å². The van der Waals surface area contributed by atoms with Crippen LogP contribution in [-0.4, -0.2) is 69.2 Å². The minimum Gasteiger partial charge on any atom is -0.378 e. The lowest BCUT2D eigenvalue weighted by molar-refractivity contribution is -0.197. The second-order valence-corrected chi connectivity index (χ2v) is 15.4. The summed E-state index contributed by atoms with van der Waals surface area (Å²) in [5.74, 6) is -1.73. The molecule has 0 atom stereocenters. The number of hydrogen-bond donors (Lipinski definition) is 0. The second kappa shape index (κ2) is 15.3. The van der Waals surface area contributed by atoms with E-state index >= 15 is 0 Å². The summed E-state index contributed by atoms with van der Waals surface area (Å²) in [5.41, 5.74) is 6.59. The number of ether oxygens (including phenoxy) is 1. The smallest absolute Gasteiger partial charge is 0.333 e. The van der Waals surface area contributed by atoms with Crippen LogP contribution in [0, 0.1) is 0 Å². The zero-order valence-electron chi connectivity index (χ0n) is 31.9. The number of carbonyl (C=O) groups excluding carboxylic acids is 5. The van der Waals surface area contributed by atoms with E-state index in [0.29, 0.717) is 35.5 Å². The molecule has 1 saturated heterocycles. The fraction of sp³-hybridized carbons (Fsp3) is 0.465. The van der Waals surface area contributed by atoms with E-state index in [4.69, 9.17) is 9.57 Å². The number of Topliss-reactive ketones (excluding diaryl/α,β-unsaturated/α-hetero) is 2. The number of hydroxylamine groups is 2. The summed E-state index contributed by atoms with van der Waals surface area (Å²) in [4.78, 5) is 72.0. The highest BCUT2D eigenvalue weighted by molar-refractivity contribution is 6.11. The highest BCUT2D eigenvalue weighted by Gasteiger charge is 2.53. The quantitative estimate of drug-likeness (QED) is 0.0964. The fourth-order valence-electron chi connectivity index (χ4n) is 8.09. The first-order valence-electron chi connectivity index (χ1n) is 18.8. The molecule has 2 aliphatic heterocycles. The summed E-state index contributed by atoms with van der Waals surface area (Å²) in [7, 11) is 8.12. The van der Waals surface area contributed by atoms with E-state index in [-0.39, 0.29) is 42.9 Å². The normalized spacial score (nSPS) is 16.6. The molecule has 1 aliphatic carbocycles. The van der Waals surface area contributed by atoms with Crippen LogP contribution in [0.3, 0.4) is 0 Å². The van der Waals surface area contributed by atoms with Gasteiger partial charge in [0.1, 0.15) is 12.2 Å². The van der Waals surface area contributed by atoms with Gasteiger partial charge in [0, 0.05) is 87.4 Å². The number of nitrogens with zero attached hydrogens (tertiary/aromatic N) is 3. The maximum Gasteiger partial charge on any atom is 0.333 e. The highest BCUT2D eigenvalue weighted by atomic mass is 16.7. The largest absolute Gasteiger partial charge is 0.378 e. The molecular weight excluding hydrogens is 670 g/mol. The van der Waals surface area contributed by atoms with Crippen molar-refractivity contribution in [1.29, 1.82) is 0 Å². The van der Waals surface area contributed by atoms with Gasteiger partial charge in [-0.15, -0.1) is 5.06 Å². The van der Waals surface area contributed by atoms with Crippen LogP contribution in [0.1, 0.15) is 133 Å². The molecule has 10 heteroatoms. The Morgan fingerprint density at radius 3 is 1.77 bits per heavy atom. The summed E-state index contributed by atoms with van der Waals surface area (Å²) in [6.45, 7) is 4.35. The summed E-state index contributed by atoms with van der Waals surface area (Å²) in [6.07, 6.45) is 6.53. The van der Waals surface area contributed by atoms with E-state index in [9.17, 15) is 24.0 Å². The zero-order chi connectivity index (χ0) is 38.1. The van der Waals surface area contributed by atoms with Crippen LogP contribution in [0.25, 0.3) is 0 Å². The van der Waals surface area contributed by atoms with E-state index in [1.807, 2.05) is 40.3 Å². The Morgan fingerprint density at radius 1 is 0.698 bits per heavy atom. The van der Waals surface area contributed by atoms with Gasteiger partial charge in [0.25, 0.3) is 11.8 Å². The van der Waals surface area contributed by atoms with E-state index in [1.54, 1.807) is 6.07 Å². The van der Waals surface area contributed by atoms with Crippen LogP contribution in [0.4, 0.5) is 11.4 Å². The van der Waals surface area contributed by atoms with Crippen molar-refractivity contribution in [2.45, 2.75) is 95.5 Å². The number of ketones is 2. The summed E-state index contributed by atoms with van der Waals surface area (Å²) in [6, 6.07) is 18.5. The maximum atomic E-state index is 13.9. The molecular formula is C43H51N3O7. The Kier molecular flexibility index (Phi) is 10.9. The van der Waals surface area contributed by atoms with Crippen molar-refractivity contribution in [3.8, 4) is 0 Å². The molecule has 0 aromatic heterocycles. The standard InChI is InChI=1S/C43H51N3O7/c1-42(2)34-25-28(44(3)4)19-21-31(34)43(32-22-20-29(45(5)6)26-35(32)42)33-16-14-15-30(41(33)37(48)27-52-43)36(47)17-12-10-8-7-9-11-13-18-40(51)53-46-38(49)23-24-39(46)50/h14-16,19-22,25-26H,7-13,17-18,23-24,27H2,1-6H3. The molecule has 10 nitrogen and oxygen atoms in total. The van der Waals surface area contributed by atoms with E-state index < -0.39 is 23.4 Å². The Bertz CT molecular complexity index is 1870. The Morgan fingerprint density at radius 2 is 1.23 bits per heavy atom. The molecule has 1 fully saturated rings. The van der Waals surface area contributed by atoms with Crippen molar-refractivity contribution in [3.05, 3.63) is 93.5 Å². The molecule has 0 N–H and O–H groups in total. The topological polar surface area (TPSA) is 114 Å². The molecule has 0 bridgehead atoms. The molecule has 53 heavy (non-hydrogen) atoms. The molecule has 2 amide bonds. The molecule has 0 radical (unpaired) electrons. The van der Waals surface area contributed by atoms with Crippen LogP contribution in [0.2, 0.25) is 0 Å². The van der Waals surface area contributed by atoms with Crippen molar-refractivity contribution < 1.29 is 33.5 Å². The lowest BCUT2D eigenvalue weighted by atomic mass is 9.60. The molecule has 2 heterocycles. The van der Waals surface area contributed by atoms with E-state index in [2.05, 4.69) is 60.0 Å². The van der Waals surface area contributed by atoms with Crippen molar-refractivity contribution in [2.75, 3.05) is 44.6 Å². The van der Waals surface area contributed by atoms with Gasteiger partial charge in [-0.25, -0.2) is 4.79 Å². The number of amides is 2. The van der Waals surface area contributed by atoms with Crippen LogP contribution < -0.4 is 9.80 Å². The lowest BCUT2D eigenvalue weighted by Crippen LogP contribution is -2.47. The van der Waals surface area contributed by atoms with Gasteiger partial charge in [-0.2, -0.15) is 0 Å². The SMILES string of the molecule is CN(C)c1ccc2c(c1)C(C)(C)c1cc(N(C)C)ccc1C21OCC(=O)c2c(C(=O)CCCCCCCCCC(=O)ON3C(=O)CCC3=O)cccc21. The van der Waals surface area contributed by atoms with E-state index in [1.165, 1.54) is 0 Å². The predicted octanol–water partition coefficient (Wildman–Crippen LogP) is 7.26. The lowest BCUT2D eigenvalue weighted by Gasteiger charge is -2.49. The Labute approximate surface area is 312 Å². The van der Waals surface area contributed by atoms with Gasteiger partial charge in [0.15, 0.2) is 11.6 Å². The minimum absolute atomic E-state index is 0.0387. The first-order chi connectivity index (χ1) is 25.3. The first kappa shape index (κ1) is 37.9. The van der Waals surface area contributed by atoms with Crippen LogP contribution in [-0.2, 0) is 35.0 Å². The van der Waals surface area contributed by atoms with Crippen LogP contribution in [0.5, 0.6) is 0 Å². The predicted molar refractivity (Wildman–Crippen MR) is 203 cm³/mol. The minimum atomic E-state index is -1.06. The number of imide groups is 1. The number of carbonyl (C=O) groups is 5. The van der Waals surface area contributed by atoms with Gasteiger partial charge in [0.05, 0.1) is 0 Å². The number of fused-ring (bicyclic) bond motifs is 6. The third-order valence-electron chi connectivity index (χ3n) is 11.1. The highest BCUT2D eigenvalue weighted by Crippen LogP contribution is 2.56. The van der Waals surface area contributed by atoms with Gasteiger partial charge in [0.2, 0.25) is 0 Å².